The Balaban J connectivity index is 1.33. The molecule has 5 rings (SSSR count). The predicted octanol–water partition coefficient (Wildman–Crippen LogP) is 2.79. The van der Waals surface area contributed by atoms with Crippen molar-refractivity contribution in [1.82, 2.24) is 24.7 Å². The molecule has 0 unspecified atom stereocenters. The third-order valence-electron chi connectivity index (χ3n) is 5.29. The van der Waals surface area contributed by atoms with Gasteiger partial charge in [0.05, 0.1) is 33.4 Å². The van der Waals surface area contributed by atoms with Gasteiger partial charge in [0.1, 0.15) is 17.5 Å². The van der Waals surface area contributed by atoms with Gasteiger partial charge in [0.15, 0.2) is 0 Å². The summed E-state index contributed by atoms with van der Waals surface area (Å²) in [5, 5.41) is 7.57. The number of sulfonamides is 1. The molecule has 6 N–H and O–H groups in total. The van der Waals surface area contributed by atoms with Crippen molar-refractivity contribution in [2.24, 2.45) is 5.73 Å². The number of nitrogens with zero attached hydrogens (tertiary/aromatic N) is 2. The van der Waals surface area contributed by atoms with E-state index in [1.165, 1.54) is 0 Å². The van der Waals surface area contributed by atoms with Gasteiger partial charge in [0.2, 0.25) is 10.0 Å². The van der Waals surface area contributed by atoms with Crippen LogP contribution < -0.4 is 10.5 Å². The van der Waals surface area contributed by atoms with Crippen LogP contribution in [0.25, 0.3) is 22.1 Å². The van der Waals surface area contributed by atoms with Crippen molar-refractivity contribution in [3.63, 3.8) is 0 Å². The summed E-state index contributed by atoms with van der Waals surface area (Å²) in [4.78, 5) is 16.0. The lowest BCUT2D eigenvalue weighted by molar-refractivity contribution is 0.581. The van der Waals surface area contributed by atoms with Gasteiger partial charge in [-0.15, -0.1) is 0 Å². The summed E-state index contributed by atoms with van der Waals surface area (Å²) in [7, 11) is -3.58. The van der Waals surface area contributed by atoms with Gasteiger partial charge < -0.3 is 15.7 Å². The molecule has 0 saturated heterocycles. The third kappa shape index (κ3) is 4.34. The van der Waals surface area contributed by atoms with Gasteiger partial charge in [-0.25, -0.2) is 23.1 Å². The van der Waals surface area contributed by atoms with Crippen molar-refractivity contribution in [2.75, 3.05) is 0 Å². The van der Waals surface area contributed by atoms with Crippen LogP contribution in [0.1, 0.15) is 22.8 Å². The van der Waals surface area contributed by atoms with Gasteiger partial charge in [-0.2, -0.15) is 0 Å². The largest absolute Gasteiger partial charge is 0.384 e. The van der Waals surface area contributed by atoms with Crippen LogP contribution in [-0.2, 0) is 23.0 Å². The monoisotopic (exact) mass is 459 g/mol. The van der Waals surface area contributed by atoms with Crippen LogP contribution in [0.15, 0.2) is 71.6 Å². The van der Waals surface area contributed by atoms with E-state index < -0.39 is 10.0 Å². The zero-order valence-electron chi connectivity index (χ0n) is 17.5. The molecular weight excluding hydrogens is 438 g/mol. The van der Waals surface area contributed by atoms with E-state index in [4.69, 9.17) is 11.1 Å². The highest BCUT2D eigenvalue weighted by Gasteiger charge is 2.14. The molecule has 0 saturated carbocycles. The van der Waals surface area contributed by atoms with Crippen molar-refractivity contribution in [1.29, 1.82) is 5.41 Å². The first-order chi connectivity index (χ1) is 15.9. The van der Waals surface area contributed by atoms with Crippen molar-refractivity contribution in [3.8, 4) is 0 Å². The number of fused-ring (bicyclic) bond motifs is 2. The molecule has 0 bridgehead atoms. The van der Waals surface area contributed by atoms with E-state index >= 15 is 0 Å². The zero-order valence-corrected chi connectivity index (χ0v) is 18.3. The molecule has 10 heteroatoms. The second-order valence-electron chi connectivity index (χ2n) is 7.68. The molecule has 5 aromatic rings. The number of nitrogens with two attached hydrogens (primary N) is 1. The molecule has 0 spiro atoms. The minimum absolute atomic E-state index is 0.00666. The molecule has 2 aromatic heterocycles. The van der Waals surface area contributed by atoms with Gasteiger partial charge in [0.25, 0.3) is 0 Å². The van der Waals surface area contributed by atoms with E-state index in [0.717, 1.165) is 39.3 Å². The summed E-state index contributed by atoms with van der Waals surface area (Å²) in [5.41, 5.74) is 10.2. The van der Waals surface area contributed by atoms with Gasteiger partial charge in [-0.05, 0) is 48.0 Å². The fourth-order valence-corrected chi connectivity index (χ4v) is 4.68. The first-order valence-electron chi connectivity index (χ1n) is 10.2. The Bertz CT molecular complexity index is 1590. The minimum Gasteiger partial charge on any atom is -0.384 e. The molecule has 3 aromatic carbocycles. The maximum atomic E-state index is 12.4. The zero-order chi connectivity index (χ0) is 23.0. The Morgan fingerprint density at radius 3 is 2.21 bits per heavy atom. The maximum Gasteiger partial charge on any atom is 0.240 e. The van der Waals surface area contributed by atoms with Crippen molar-refractivity contribution in [2.45, 2.75) is 17.9 Å². The van der Waals surface area contributed by atoms with E-state index in [1.54, 1.807) is 42.5 Å². The number of hydrogen-bond acceptors (Lipinski definition) is 5. The number of amidine groups is 1. The number of nitrogen functional groups attached to an aromatic ring is 1. The molecule has 33 heavy (non-hydrogen) atoms. The number of rotatable bonds is 7. The van der Waals surface area contributed by atoms with Crippen LogP contribution in [-0.4, -0.2) is 34.2 Å². The normalized spacial score (nSPS) is 11.9. The Morgan fingerprint density at radius 1 is 0.909 bits per heavy atom. The molecular formula is C23H21N7O2S. The van der Waals surface area contributed by atoms with E-state index in [2.05, 4.69) is 24.7 Å². The van der Waals surface area contributed by atoms with Crippen molar-refractivity contribution < 1.29 is 8.42 Å². The summed E-state index contributed by atoms with van der Waals surface area (Å²) >= 11 is 0. The third-order valence-corrected chi connectivity index (χ3v) is 6.71. The molecule has 0 amide bonds. The number of aromatic nitrogens is 4. The number of H-pyrrole nitrogens is 2. The first kappa shape index (κ1) is 20.9. The van der Waals surface area contributed by atoms with E-state index in [1.807, 2.05) is 24.3 Å². The number of hydrogen-bond donors (Lipinski definition) is 5. The smallest absolute Gasteiger partial charge is 0.240 e. The number of imidazole rings is 2. The molecule has 2 heterocycles. The molecule has 166 valence electrons. The standard InChI is InChI=1S/C23H21N7O2S/c24-23(25)15-7-9-18-20(11-15)30-22(28-18)12-21-27-17-8-6-14(10-19(17)29-21)13-26-33(31,32)16-4-2-1-3-5-16/h1-11,26H,12-13H2,(H3,24,25)(H,27,29)(H,28,30). The summed E-state index contributed by atoms with van der Waals surface area (Å²) in [6.07, 6.45) is 0.467. The van der Waals surface area contributed by atoms with E-state index in [-0.39, 0.29) is 17.3 Å². The van der Waals surface area contributed by atoms with Gasteiger partial charge >= 0.3 is 0 Å². The number of nitrogens with one attached hydrogen (secondary N) is 4. The number of aromatic amines is 2. The molecule has 0 aliphatic carbocycles. The maximum absolute atomic E-state index is 12.4. The lowest BCUT2D eigenvalue weighted by Crippen LogP contribution is -2.23. The molecule has 0 atom stereocenters. The van der Waals surface area contributed by atoms with Crippen LogP contribution >= 0.6 is 0 Å². The van der Waals surface area contributed by atoms with Gasteiger partial charge in [-0.1, -0.05) is 24.3 Å². The quantitative estimate of drug-likeness (QED) is 0.187. The molecule has 9 nitrogen and oxygen atoms in total. The van der Waals surface area contributed by atoms with Crippen molar-refractivity contribution >= 4 is 37.9 Å². The summed E-state index contributed by atoms with van der Waals surface area (Å²) in [6.45, 7) is 0.170. The molecule has 0 fully saturated rings. The Kier molecular flexibility index (Phi) is 5.15. The molecule has 0 radical (unpaired) electrons. The fourth-order valence-electron chi connectivity index (χ4n) is 3.64. The van der Waals surface area contributed by atoms with Crippen LogP contribution in [0.4, 0.5) is 0 Å². The van der Waals surface area contributed by atoms with Gasteiger partial charge in [-0.3, -0.25) is 5.41 Å². The van der Waals surface area contributed by atoms with Crippen LogP contribution in [0.2, 0.25) is 0 Å². The van der Waals surface area contributed by atoms with Gasteiger partial charge in [0, 0.05) is 12.1 Å². The van der Waals surface area contributed by atoms with Crippen LogP contribution in [0, 0.1) is 5.41 Å². The molecule has 0 aliphatic heterocycles. The highest BCUT2D eigenvalue weighted by atomic mass is 32.2. The summed E-state index contributed by atoms with van der Waals surface area (Å²) in [6, 6.07) is 19.3. The second kappa shape index (κ2) is 8.15. The van der Waals surface area contributed by atoms with E-state index in [9.17, 15) is 8.42 Å². The first-order valence-corrected chi connectivity index (χ1v) is 11.7. The summed E-state index contributed by atoms with van der Waals surface area (Å²) in [5.74, 6) is 1.48. The lowest BCUT2D eigenvalue weighted by Gasteiger charge is -2.06. The SMILES string of the molecule is N=C(N)c1ccc2nc(Cc3nc4ccc(CNS(=O)(=O)c5ccccc5)cc4[nH]3)[nH]c2c1. The average molecular weight is 460 g/mol. The lowest BCUT2D eigenvalue weighted by atomic mass is 10.2. The predicted molar refractivity (Wildman–Crippen MR) is 126 cm³/mol. The highest BCUT2D eigenvalue weighted by molar-refractivity contribution is 7.89. The average Bonchev–Trinajstić information content (AvgIpc) is 3.40. The summed E-state index contributed by atoms with van der Waals surface area (Å²) < 4.78 is 27.5. The number of benzene rings is 3. The van der Waals surface area contributed by atoms with Crippen LogP contribution in [0.5, 0.6) is 0 Å². The Morgan fingerprint density at radius 2 is 1.55 bits per heavy atom. The second-order valence-corrected chi connectivity index (χ2v) is 9.45. The minimum atomic E-state index is -3.58. The van der Waals surface area contributed by atoms with Crippen LogP contribution in [0.3, 0.4) is 0 Å². The van der Waals surface area contributed by atoms with Crippen molar-refractivity contribution in [3.05, 3.63) is 89.5 Å². The highest BCUT2D eigenvalue weighted by Crippen LogP contribution is 2.18. The topological polar surface area (TPSA) is 153 Å². The fraction of sp³-hybridized carbons (Fsp3) is 0.0870. The van der Waals surface area contributed by atoms with E-state index in [0.29, 0.717) is 12.0 Å². The molecule has 0 aliphatic rings. The Hall–Kier alpha value is -4.02. The Labute approximate surface area is 189 Å².